The van der Waals surface area contributed by atoms with E-state index in [1.54, 1.807) is 10.9 Å². The van der Waals surface area contributed by atoms with E-state index in [0.29, 0.717) is 64.9 Å². The minimum absolute atomic E-state index is 0.256. The highest BCUT2D eigenvalue weighted by Crippen LogP contribution is 2.14. The first-order chi connectivity index (χ1) is 13.1. The first-order valence-electron chi connectivity index (χ1n) is 9.01. The predicted molar refractivity (Wildman–Crippen MR) is 103 cm³/mol. The molecule has 0 bridgehead atoms. The van der Waals surface area contributed by atoms with Crippen molar-refractivity contribution >= 4 is 24.2 Å². The van der Waals surface area contributed by atoms with Gasteiger partial charge in [0.2, 0.25) is 0 Å². The van der Waals surface area contributed by atoms with Gasteiger partial charge in [0.25, 0.3) is 0 Å². The topological polar surface area (TPSA) is 117 Å². The Bertz CT molecular complexity index is 573. The van der Waals surface area contributed by atoms with Gasteiger partial charge in [0.1, 0.15) is 7.85 Å². The molecule has 1 aromatic rings. The fourth-order valence-electron chi connectivity index (χ4n) is 2.53. The van der Waals surface area contributed by atoms with Crippen LogP contribution >= 0.6 is 0 Å². The van der Waals surface area contributed by atoms with E-state index < -0.39 is 10.8 Å². The molecule has 1 saturated heterocycles. The van der Waals surface area contributed by atoms with Crippen LogP contribution in [-0.2, 0) is 38.1 Å². The molecule has 0 saturated carbocycles. The van der Waals surface area contributed by atoms with E-state index in [2.05, 4.69) is 20.6 Å². The Kier molecular flexibility index (Phi) is 10.4. The highest BCUT2D eigenvalue weighted by molar-refractivity contribution is 7.85. The Morgan fingerprint density at radius 3 is 2.44 bits per heavy atom. The minimum Gasteiger partial charge on any atom is -0.378 e. The van der Waals surface area contributed by atoms with Gasteiger partial charge in [0.15, 0.2) is 0 Å². The van der Waals surface area contributed by atoms with E-state index in [1.165, 1.54) is 0 Å². The van der Waals surface area contributed by atoms with Crippen LogP contribution in [0.25, 0.3) is 0 Å². The van der Waals surface area contributed by atoms with Gasteiger partial charge < -0.3 is 14.2 Å². The molecule has 0 amide bonds. The second-order valence-corrected chi connectivity index (χ2v) is 7.91. The van der Waals surface area contributed by atoms with Gasteiger partial charge >= 0.3 is 0 Å². The SMILES string of the molecule is [B]c1c(CN2CC(S(C)=O)C2)nnn1CCOCCOCCOCCNN. The summed E-state index contributed by atoms with van der Waals surface area (Å²) in [5, 5.41) is 8.47. The van der Waals surface area contributed by atoms with Crippen molar-refractivity contribution in [1.29, 1.82) is 0 Å². The third kappa shape index (κ3) is 7.94. The average molecular weight is 400 g/mol. The molecule has 2 radical (unpaired) electrons. The molecular weight excluding hydrogens is 371 g/mol. The second kappa shape index (κ2) is 12.5. The van der Waals surface area contributed by atoms with Gasteiger partial charge in [-0.05, 0) is 0 Å². The molecule has 0 aliphatic carbocycles. The van der Waals surface area contributed by atoms with Gasteiger partial charge in [-0.3, -0.25) is 25.1 Å². The molecule has 10 nitrogen and oxygen atoms in total. The molecule has 27 heavy (non-hydrogen) atoms. The molecule has 1 aliphatic rings. The largest absolute Gasteiger partial charge is 0.378 e. The van der Waals surface area contributed by atoms with Gasteiger partial charge in [0, 0.05) is 48.8 Å². The molecule has 152 valence electrons. The maximum Gasteiger partial charge on any atom is 0.144 e. The molecule has 3 N–H and O–H groups in total. The quantitative estimate of drug-likeness (QED) is 0.139. The minimum atomic E-state index is -0.768. The zero-order chi connectivity index (χ0) is 19.5. The first kappa shape index (κ1) is 22.4. The molecular formula is C15H29BN6O4S. The lowest BCUT2D eigenvalue weighted by Gasteiger charge is -2.37. The number of nitrogens with zero attached hydrogens (tertiary/aromatic N) is 4. The van der Waals surface area contributed by atoms with Gasteiger partial charge in [-0.25, -0.2) is 0 Å². The summed E-state index contributed by atoms with van der Waals surface area (Å²) < 4.78 is 29.2. The van der Waals surface area contributed by atoms with Gasteiger partial charge in [-0.2, -0.15) is 0 Å². The summed E-state index contributed by atoms with van der Waals surface area (Å²) in [4.78, 5) is 2.17. The van der Waals surface area contributed by atoms with E-state index >= 15 is 0 Å². The summed E-state index contributed by atoms with van der Waals surface area (Å²) in [5.41, 5.74) is 3.82. The van der Waals surface area contributed by atoms with Crippen LogP contribution in [0.5, 0.6) is 0 Å². The smallest absolute Gasteiger partial charge is 0.144 e. The van der Waals surface area contributed by atoms with Crippen molar-refractivity contribution in [2.45, 2.75) is 18.3 Å². The van der Waals surface area contributed by atoms with Crippen molar-refractivity contribution in [2.75, 3.05) is 65.5 Å². The van der Waals surface area contributed by atoms with Crippen molar-refractivity contribution < 1.29 is 18.4 Å². The maximum absolute atomic E-state index is 11.4. The Hall–Kier alpha value is -0.885. The Morgan fingerprint density at radius 1 is 1.19 bits per heavy atom. The van der Waals surface area contributed by atoms with Crippen molar-refractivity contribution in [2.24, 2.45) is 5.84 Å². The van der Waals surface area contributed by atoms with E-state index in [0.717, 1.165) is 18.8 Å². The summed E-state index contributed by atoms with van der Waals surface area (Å²) >= 11 is 0. The predicted octanol–water partition coefficient (Wildman–Crippen LogP) is -2.85. The van der Waals surface area contributed by atoms with Crippen LogP contribution in [-0.4, -0.2) is 103 Å². The van der Waals surface area contributed by atoms with Crippen LogP contribution in [0, 0.1) is 0 Å². The zero-order valence-corrected chi connectivity index (χ0v) is 16.7. The number of aromatic nitrogens is 3. The lowest BCUT2D eigenvalue weighted by molar-refractivity contribution is 0.0134. The van der Waals surface area contributed by atoms with Crippen LogP contribution in [0.2, 0.25) is 0 Å². The van der Waals surface area contributed by atoms with Crippen LogP contribution in [0.3, 0.4) is 0 Å². The van der Waals surface area contributed by atoms with E-state index in [1.807, 2.05) is 0 Å². The van der Waals surface area contributed by atoms with E-state index in [4.69, 9.17) is 27.9 Å². The second-order valence-electron chi connectivity index (χ2n) is 6.25. The lowest BCUT2D eigenvalue weighted by atomic mass is 10.0. The van der Waals surface area contributed by atoms with Crippen molar-refractivity contribution in [3.05, 3.63) is 5.69 Å². The summed E-state index contributed by atoms with van der Waals surface area (Å²) in [6.07, 6.45) is 1.74. The number of hydrogen-bond donors (Lipinski definition) is 2. The standard InChI is InChI=1S/C15H29BN6O4S/c1-27(23)13-10-21(11-13)12-14-15(16)22(20-19-14)3-5-25-7-9-26-8-6-24-4-2-18-17/h13,18H,2-12,17H2,1H3. The molecule has 1 atom stereocenters. The van der Waals surface area contributed by atoms with Crippen LogP contribution in [0.15, 0.2) is 0 Å². The van der Waals surface area contributed by atoms with Crippen LogP contribution in [0.1, 0.15) is 5.69 Å². The normalized spacial score (nSPS) is 16.5. The Labute approximate surface area is 163 Å². The Balaban J connectivity index is 1.50. The average Bonchev–Trinajstić information content (AvgIpc) is 2.95. The number of nitrogens with two attached hydrogens (primary N) is 1. The molecule has 0 spiro atoms. The van der Waals surface area contributed by atoms with Crippen molar-refractivity contribution in [3.63, 3.8) is 0 Å². The van der Waals surface area contributed by atoms with Crippen LogP contribution < -0.4 is 16.9 Å². The van der Waals surface area contributed by atoms with Crippen molar-refractivity contribution in [1.82, 2.24) is 25.3 Å². The highest BCUT2D eigenvalue weighted by atomic mass is 32.2. The monoisotopic (exact) mass is 400 g/mol. The summed E-state index contributed by atoms with van der Waals surface area (Å²) in [6, 6.07) is 0. The number of ether oxygens (including phenoxy) is 3. The Morgan fingerprint density at radius 2 is 1.81 bits per heavy atom. The summed E-state index contributed by atoms with van der Waals surface area (Å²) in [7, 11) is 5.33. The van der Waals surface area contributed by atoms with Gasteiger partial charge in [-0.1, -0.05) is 5.21 Å². The fourth-order valence-corrected chi connectivity index (χ4v) is 3.37. The van der Waals surface area contributed by atoms with E-state index in [-0.39, 0.29) is 5.25 Å². The molecule has 1 aliphatic heterocycles. The lowest BCUT2D eigenvalue weighted by Crippen LogP contribution is -2.52. The first-order valence-corrected chi connectivity index (χ1v) is 10.6. The van der Waals surface area contributed by atoms with Crippen molar-refractivity contribution in [3.8, 4) is 0 Å². The number of hydrogen-bond acceptors (Lipinski definition) is 9. The molecule has 1 aromatic heterocycles. The fraction of sp³-hybridized carbons (Fsp3) is 0.867. The van der Waals surface area contributed by atoms with E-state index in [9.17, 15) is 4.21 Å². The molecule has 1 fully saturated rings. The molecule has 12 heteroatoms. The number of nitrogens with one attached hydrogen (secondary N) is 1. The van der Waals surface area contributed by atoms with Gasteiger partial charge in [-0.15, -0.1) is 5.10 Å². The summed E-state index contributed by atoms with van der Waals surface area (Å²) in [6.45, 7) is 6.52. The molecule has 0 aromatic carbocycles. The third-order valence-corrected chi connectivity index (χ3v) is 5.43. The number of likely N-dealkylation sites (tertiary alicyclic amines) is 1. The summed E-state index contributed by atoms with van der Waals surface area (Å²) in [5.74, 6) is 5.13. The van der Waals surface area contributed by atoms with Gasteiger partial charge in [0.05, 0.1) is 57.1 Å². The third-order valence-electron chi connectivity index (χ3n) is 4.20. The molecule has 1 unspecified atom stereocenters. The molecule has 2 heterocycles. The maximum atomic E-state index is 11.4. The number of rotatable bonds is 15. The zero-order valence-electron chi connectivity index (χ0n) is 15.8. The van der Waals surface area contributed by atoms with Crippen LogP contribution in [0.4, 0.5) is 0 Å². The molecule has 2 rings (SSSR count). The number of hydrazine groups is 1. The highest BCUT2D eigenvalue weighted by Gasteiger charge is 2.30.